The summed E-state index contributed by atoms with van der Waals surface area (Å²) in [5.41, 5.74) is 2.55. The van der Waals surface area contributed by atoms with Gasteiger partial charge in [-0.25, -0.2) is 0 Å². The Bertz CT molecular complexity index is 393. The summed E-state index contributed by atoms with van der Waals surface area (Å²) < 4.78 is 5.68. The average Bonchev–Trinajstić information content (AvgIpc) is 3.10. The van der Waals surface area contributed by atoms with Crippen LogP contribution < -0.4 is 10.1 Å². The van der Waals surface area contributed by atoms with Gasteiger partial charge in [-0.15, -0.1) is 0 Å². The van der Waals surface area contributed by atoms with E-state index in [1.54, 1.807) is 0 Å². The molecule has 0 spiro atoms. The van der Waals surface area contributed by atoms with Crippen molar-refractivity contribution in [3.05, 3.63) is 35.4 Å². The number of benzene rings is 1. The van der Waals surface area contributed by atoms with Gasteiger partial charge in [0.05, 0.1) is 0 Å². The van der Waals surface area contributed by atoms with Crippen molar-refractivity contribution in [3.8, 4) is 5.75 Å². The first-order chi connectivity index (χ1) is 7.42. The molecule has 0 atom stereocenters. The molecule has 1 fully saturated rings. The molecule has 15 heavy (non-hydrogen) atoms. The Kier molecular flexibility index (Phi) is 2.22. The highest BCUT2D eigenvalue weighted by molar-refractivity contribution is 5.62. The number of nitrogens with one attached hydrogen (secondary N) is 1. The van der Waals surface area contributed by atoms with Crippen molar-refractivity contribution in [2.45, 2.75) is 18.9 Å². The van der Waals surface area contributed by atoms with Crippen LogP contribution >= 0.6 is 0 Å². The molecule has 0 amide bonds. The number of hydrogen-bond donors (Lipinski definition) is 1. The van der Waals surface area contributed by atoms with Gasteiger partial charge in [0.1, 0.15) is 12.4 Å². The molecule has 1 aromatic carbocycles. The van der Waals surface area contributed by atoms with E-state index in [0.717, 1.165) is 24.9 Å². The lowest BCUT2D eigenvalue weighted by Crippen LogP contribution is -2.23. The zero-order valence-corrected chi connectivity index (χ0v) is 8.70. The molecule has 1 aromatic rings. The first-order valence-corrected chi connectivity index (χ1v) is 5.56. The molecule has 2 nitrogen and oxygen atoms in total. The molecule has 0 saturated heterocycles. The maximum Gasteiger partial charge on any atom is 0.127 e. The molecule has 1 saturated carbocycles. The molecular formula is C13H15NO. The van der Waals surface area contributed by atoms with Crippen LogP contribution in [0.4, 0.5) is 0 Å². The zero-order valence-electron chi connectivity index (χ0n) is 8.70. The Balaban J connectivity index is 1.72. The number of ether oxygens (including phenoxy) is 1. The maximum absolute atomic E-state index is 5.68. The van der Waals surface area contributed by atoms with Gasteiger partial charge >= 0.3 is 0 Å². The Hall–Kier alpha value is -1.28. The molecule has 0 bridgehead atoms. The van der Waals surface area contributed by atoms with Crippen molar-refractivity contribution >= 4 is 6.08 Å². The van der Waals surface area contributed by atoms with Crippen molar-refractivity contribution in [3.63, 3.8) is 0 Å². The predicted molar refractivity (Wildman–Crippen MR) is 60.9 cm³/mol. The summed E-state index contributed by atoms with van der Waals surface area (Å²) in [4.78, 5) is 0. The van der Waals surface area contributed by atoms with E-state index in [9.17, 15) is 0 Å². The third-order valence-electron chi connectivity index (χ3n) is 2.89. The monoisotopic (exact) mass is 201 g/mol. The molecule has 3 rings (SSSR count). The fraction of sp³-hybridized carbons (Fsp3) is 0.385. The highest BCUT2D eigenvalue weighted by atomic mass is 16.5. The smallest absolute Gasteiger partial charge is 0.127 e. The van der Waals surface area contributed by atoms with Gasteiger partial charge in [-0.3, -0.25) is 0 Å². The summed E-state index contributed by atoms with van der Waals surface area (Å²) in [7, 11) is 0. The number of fused-ring (bicyclic) bond motifs is 1. The summed E-state index contributed by atoms with van der Waals surface area (Å²) in [5, 5.41) is 3.51. The summed E-state index contributed by atoms with van der Waals surface area (Å²) in [6.07, 6.45) is 4.92. The topological polar surface area (TPSA) is 21.3 Å². The summed E-state index contributed by atoms with van der Waals surface area (Å²) in [6.45, 7) is 1.70. The lowest BCUT2D eigenvalue weighted by molar-refractivity contribution is 0.343. The van der Waals surface area contributed by atoms with E-state index >= 15 is 0 Å². The van der Waals surface area contributed by atoms with Crippen molar-refractivity contribution in [1.29, 1.82) is 0 Å². The van der Waals surface area contributed by atoms with E-state index in [1.165, 1.54) is 24.0 Å². The average molecular weight is 201 g/mol. The third kappa shape index (κ3) is 2.05. The lowest BCUT2D eigenvalue weighted by Gasteiger charge is -2.18. The quantitative estimate of drug-likeness (QED) is 0.809. The van der Waals surface area contributed by atoms with E-state index in [-0.39, 0.29) is 0 Å². The second-order valence-electron chi connectivity index (χ2n) is 4.28. The SMILES string of the molecule is C1=C(CNC2CC2)COc2ccccc21. The minimum absolute atomic E-state index is 0.733. The minimum Gasteiger partial charge on any atom is -0.489 e. The van der Waals surface area contributed by atoms with E-state index < -0.39 is 0 Å². The molecule has 1 heterocycles. The van der Waals surface area contributed by atoms with Crippen LogP contribution in [0, 0.1) is 0 Å². The van der Waals surface area contributed by atoms with Crippen molar-refractivity contribution < 1.29 is 4.74 Å². The van der Waals surface area contributed by atoms with Crippen LogP contribution in [-0.2, 0) is 0 Å². The first-order valence-electron chi connectivity index (χ1n) is 5.56. The maximum atomic E-state index is 5.68. The minimum atomic E-state index is 0.733. The molecular weight excluding hydrogens is 186 g/mol. The van der Waals surface area contributed by atoms with Crippen molar-refractivity contribution in [2.24, 2.45) is 0 Å². The Morgan fingerprint density at radius 2 is 2.13 bits per heavy atom. The van der Waals surface area contributed by atoms with Crippen LogP contribution in [-0.4, -0.2) is 19.2 Å². The fourth-order valence-electron chi connectivity index (χ4n) is 1.83. The van der Waals surface area contributed by atoms with Gasteiger partial charge in [0.15, 0.2) is 0 Å². The Morgan fingerprint density at radius 1 is 1.27 bits per heavy atom. The van der Waals surface area contributed by atoms with Crippen molar-refractivity contribution in [1.82, 2.24) is 5.32 Å². The summed E-state index contributed by atoms with van der Waals surface area (Å²) in [5.74, 6) is 1.01. The van der Waals surface area contributed by atoms with Crippen LogP contribution in [0.15, 0.2) is 29.8 Å². The van der Waals surface area contributed by atoms with Gasteiger partial charge in [0.25, 0.3) is 0 Å². The van der Waals surface area contributed by atoms with Crippen LogP contribution in [0.5, 0.6) is 5.75 Å². The van der Waals surface area contributed by atoms with Crippen LogP contribution in [0.3, 0.4) is 0 Å². The van der Waals surface area contributed by atoms with E-state index in [1.807, 2.05) is 12.1 Å². The second-order valence-corrected chi connectivity index (χ2v) is 4.28. The van der Waals surface area contributed by atoms with Gasteiger partial charge in [0.2, 0.25) is 0 Å². The third-order valence-corrected chi connectivity index (χ3v) is 2.89. The van der Waals surface area contributed by atoms with E-state index in [2.05, 4.69) is 23.5 Å². The first kappa shape index (κ1) is 8.98. The summed E-state index contributed by atoms with van der Waals surface area (Å²) in [6, 6.07) is 8.96. The van der Waals surface area contributed by atoms with Gasteiger partial charge < -0.3 is 10.1 Å². The molecule has 1 N–H and O–H groups in total. The molecule has 0 aromatic heterocycles. The Morgan fingerprint density at radius 3 is 3.00 bits per heavy atom. The molecule has 0 unspecified atom stereocenters. The summed E-state index contributed by atoms with van der Waals surface area (Å²) >= 11 is 0. The number of para-hydroxylation sites is 1. The van der Waals surface area contributed by atoms with Crippen molar-refractivity contribution in [2.75, 3.05) is 13.2 Å². The van der Waals surface area contributed by atoms with Crippen LogP contribution in [0.25, 0.3) is 6.08 Å². The number of rotatable bonds is 3. The van der Waals surface area contributed by atoms with Gasteiger partial charge in [0, 0.05) is 18.2 Å². The highest BCUT2D eigenvalue weighted by Gasteiger charge is 2.21. The molecule has 2 heteroatoms. The molecule has 78 valence electrons. The van der Waals surface area contributed by atoms with Crippen LogP contribution in [0.2, 0.25) is 0 Å². The molecule has 1 aliphatic carbocycles. The van der Waals surface area contributed by atoms with Gasteiger partial charge in [-0.2, -0.15) is 0 Å². The molecule has 2 aliphatic rings. The zero-order chi connectivity index (χ0) is 10.1. The van der Waals surface area contributed by atoms with Crippen LogP contribution in [0.1, 0.15) is 18.4 Å². The van der Waals surface area contributed by atoms with E-state index in [4.69, 9.17) is 4.74 Å². The highest BCUT2D eigenvalue weighted by Crippen LogP contribution is 2.26. The predicted octanol–water partition coefficient (Wildman–Crippen LogP) is 2.21. The fourth-order valence-corrected chi connectivity index (χ4v) is 1.83. The molecule has 0 radical (unpaired) electrons. The largest absolute Gasteiger partial charge is 0.489 e. The number of hydrogen-bond acceptors (Lipinski definition) is 2. The lowest BCUT2D eigenvalue weighted by atomic mass is 10.1. The Labute approximate surface area is 89.9 Å². The van der Waals surface area contributed by atoms with Gasteiger partial charge in [-0.05, 0) is 30.6 Å². The second kappa shape index (κ2) is 3.70. The van der Waals surface area contributed by atoms with E-state index in [0.29, 0.717) is 0 Å². The normalized spacial score (nSPS) is 19.1. The standard InChI is InChI=1S/C13H15NO/c1-2-4-13-11(3-1)7-10(9-15-13)8-14-12-5-6-12/h1-4,7,12,14H,5-6,8-9H2. The van der Waals surface area contributed by atoms with Gasteiger partial charge in [-0.1, -0.05) is 18.2 Å². The molecule has 1 aliphatic heterocycles.